The Bertz CT molecular complexity index is 907. The molecule has 0 unspecified atom stereocenters. The molecule has 3 rings (SSSR count). The van der Waals surface area contributed by atoms with E-state index < -0.39 is 11.4 Å². The Morgan fingerprint density at radius 1 is 1.13 bits per heavy atom. The average Bonchev–Trinajstić information content (AvgIpc) is 2.80. The summed E-state index contributed by atoms with van der Waals surface area (Å²) in [5.74, 6) is -0.216. The molecule has 166 valence electrons. The third-order valence-electron chi connectivity index (χ3n) is 5.58. The Labute approximate surface area is 187 Å². The van der Waals surface area contributed by atoms with Crippen LogP contribution in [0.3, 0.4) is 0 Å². The van der Waals surface area contributed by atoms with Crippen LogP contribution in [-0.4, -0.2) is 38.8 Å². The molecule has 1 aliphatic heterocycles. The molecule has 2 aromatic rings. The van der Waals surface area contributed by atoms with Crippen LogP contribution in [0, 0.1) is 0 Å². The summed E-state index contributed by atoms with van der Waals surface area (Å²) in [6, 6.07) is 12.4. The fourth-order valence-electron chi connectivity index (χ4n) is 3.72. The molecule has 1 heterocycles. The predicted octanol–water partition coefficient (Wildman–Crippen LogP) is 4.99. The van der Waals surface area contributed by atoms with Crippen LogP contribution in [0.2, 0.25) is 5.02 Å². The molecular weight excluding hydrogens is 418 g/mol. The van der Waals surface area contributed by atoms with E-state index in [0.29, 0.717) is 49.1 Å². The maximum absolute atomic E-state index is 13.5. The van der Waals surface area contributed by atoms with Gasteiger partial charge in [0, 0.05) is 23.9 Å². The van der Waals surface area contributed by atoms with Gasteiger partial charge in [-0.3, -0.25) is 4.79 Å². The minimum absolute atomic E-state index is 0.145. The van der Waals surface area contributed by atoms with Crippen LogP contribution in [0.25, 0.3) is 0 Å². The van der Waals surface area contributed by atoms with E-state index >= 15 is 0 Å². The van der Waals surface area contributed by atoms with Gasteiger partial charge in [-0.25, -0.2) is 4.79 Å². The molecule has 0 bridgehead atoms. The molecule has 1 amide bonds. The molecule has 1 N–H and O–H groups in total. The normalized spacial score (nSPS) is 15.2. The Kier molecular flexibility index (Phi) is 7.93. The first kappa shape index (κ1) is 23.1. The van der Waals surface area contributed by atoms with E-state index in [1.165, 1.54) is 7.11 Å². The Balaban J connectivity index is 1.87. The van der Waals surface area contributed by atoms with Crippen molar-refractivity contribution in [1.29, 1.82) is 0 Å². The summed E-state index contributed by atoms with van der Waals surface area (Å²) < 4.78 is 16.1. The second-order valence-corrected chi connectivity index (χ2v) is 8.00. The molecular formula is C24H28ClNO5. The number of anilines is 1. The van der Waals surface area contributed by atoms with Crippen LogP contribution < -0.4 is 10.1 Å². The molecule has 1 aliphatic rings. The zero-order valence-corrected chi connectivity index (χ0v) is 18.7. The number of hydrogen-bond acceptors (Lipinski definition) is 5. The van der Waals surface area contributed by atoms with Crippen LogP contribution in [0.5, 0.6) is 5.75 Å². The summed E-state index contributed by atoms with van der Waals surface area (Å²) in [6.45, 7) is 3.56. The molecule has 1 fully saturated rings. The van der Waals surface area contributed by atoms with Gasteiger partial charge in [0.15, 0.2) is 0 Å². The smallest absolute Gasteiger partial charge is 0.341 e. The first-order valence-corrected chi connectivity index (χ1v) is 10.9. The van der Waals surface area contributed by atoms with E-state index in [-0.39, 0.29) is 11.5 Å². The quantitative estimate of drug-likeness (QED) is 0.457. The van der Waals surface area contributed by atoms with Gasteiger partial charge >= 0.3 is 5.97 Å². The van der Waals surface area contributed by atoms with Gasteiger partial charge in [0.2, 0.25) is 5.91 Å². The topological polar surface area (TPSA) is 73.9 Å². The lowest BCUT2D eigenvalue weighted by Crippen LogP contribution is -2.44. The fraction of sp³-hybridized carbons (Fsp3) is 0.417. The highest BCUT2D eigenvalue weighted by Gasteiger charge is 2.41. The summed E-state index contributed by atoms with van der Waals surface area (Å²) in [5.41, 5.74) is 0.951. The maximum Gasteiger partial charge on any atom is 0.341 e. The molecule has 0 radical (unpaired) electrons. The van der Waals surface area contributed by atoms with Gasteiger partial charge in [0.25, 0.3) is 0 Å². The van der Waals surface area contributed by atoms with E-state index in [1.54, 1.807) is 30.3 Å². The number of carbonyl (C=O) groups is 2. The lowest BCUT2D eigenvalue weighted by Gasteiger charge is -2.36. The summed E-state index contributed by atoms with van der Waals surface area (Å²) in [6.07, 6.45) is 2.98. The minimum Gasteiger partial charge on any atom is -0.493 e. The van der Waals surface area contributed by atoms with Gasteiger partial charge in [0.1, 0.15) is 11.3 Å². The zero-order chi connectivity index (χ0) is 22.3. The first-order valence-electron chi connectivity index (χ1n) is 10.5. The van der Waals surface area contributed by atoms with Crippen molar-refractivity contribution in [2.24, 2.45) is 0 Å². The number of esters is 1. The number of methoxy groups -OCH3 is 1. The first-order chi connectivity index (χ1) is 15.0. The fourth-order valence-corrected chi connectivity index (χ4v) is 3.84. The predicted molar refractivity (Wildman–Crippen MR) is 120 cm³/mol. The van der Waals surface area contributed by atoms with Crippen LogP contribution >= 0.6 is 11.6 Å². The summed E-state index contributed by atoms with van der Waals surface area (Å²) in [7, 11) is 1.32. The summed E-state index contributed by atoms with van der Waals surface area (Å²) in [4.78, 5) is 25.8. The van der Waals surface area contributed by atoms with Crippen LogP contribution in [0.4, 0.5) is 5.69 Å². The highest BCUT2D eigenvalue weighted by molar-refractivity contribution is 6.30. The number of nitrogens with one attached hydrogen (secondary N) is 1. The lowest BCUT2D eigenvalue weighted by molar-refractivity contribution is -0.125. The van der Waals surface area contributed by atoms with Crippen molar-refractivity contribution in [3.63, 3.8) is 0 Å². The SMILES string of the molecule is CCCCOc1ccc(NC(=O)C2(c3ccc(Cl)cc3)CCOCC2)cc1C(=O)OC. The molecule has 0 spiro atoms. The Hall–Kier alpha value is -2.57. The molecule has 1 saturated heterocycles. The number of rotatable bonds is 8. The maximum atomic E-state index is 13.5. The number of ether oxygens (including phenoxy) is 3. The molecule has 2 aromatic carbocycles. The van der Waals surface area contributed by atoms with E-state index in [2.05, 4.69) is 12.2 Å². The highest BCUT2D eigenvalue weighted by Crippen LogP contribution is 2.37. The summed E-state index contributed by atoms with van der Waals surface area (Å²) >= 11 is 6.05. The third kappa shape index (κ3) is 5.38. The molecule has 0 aliphatic carbocycles. The molecule has 6 nitrogen and oxygen atoms in total. The standard InChI is InChI=1S/C24H28ClNO5/c1-3-4-13-31-21-10-9-19(16-20(21)22(27)29-2)26-23(28)24(11-14-30-15-12-24)17-5-7-18(25)8-6-17/h5-10,16H,3-4,11-15H2,1-2H3,(H,26,28). The van der Waals surface area contributed by atoms with Gasteiger partial charge in [-0.2, -0.15) is 0 Å². The Morgan fingerprint density at radius 2 is 1.84 bits per heavy atom. The second kappa shape index (κ2) is 10.6. The van der Waals surface area contributed by atoms with Crippen LogP contribution in [0.15, 0.2) is 42.5 Å². The number of halogens is 1. The molecule has 31 heavy (non-hydrogen) atoms. The minimum atomic E-state index is -0.732. The summed E-state index contributed by atoms with van der Waals surface area (Å²) in [5, 5.41) is 3.61. The van der Waals surface area contributed by atoms with Gasteiger partial charge in [-0.05, 0) is 55.2 Å². The van der Waals surface area contributed by atoms with Gasteiger partial charge in [0.05, 0.1) is 19.1 Å². The molecule has 0 aromatic heterocycles. The van der Waals surface area contributed by atoms with E-state index in [9.17, 15) is 9.59 Å². The van der Waals surface area contributed by atoms with Crippen molar-refractivity contribution in [3.05, 3.63) is 58.6 Å². The van der Waals surface area contributed by atoms with Gasteiger partial charge in [-0.15, -0.1) is 0 Å². The number of unbranched alkanes of at least 4 members (excludes halogenated alkanes) is 1. The lowest BCUT2D eigenvalue weighted by atomic mass is 9.73. The van der Waals surface area contributed by atoms with Crippen molar-refractivity contribution in [2.75, 3.05) is 32.2 Å². The van der Waals surface area contributed by atoms with E-state index in [1.807, 2.05) is 12.1 Å². The molecule has 7 heteroatoms. The van der Waals surface area contributed by atoms with Crippen molar-refractivity contribution in [1.82, 2.24) is 0 Å². The number of amides is 1. The van der Waals surface area contributed by atoms with Crippen molar-refractivity contribution < 1.29 is 23.8 Å². The third-order valence-corrected chi connectivity index (χ3v) is 5.83. The monoisotopic (exact) mass is 445 g/mol. The van der Waals surface area contributed by atoms with Crippen molar-refractivity contribution in [2.45, 2.75) is 38.0 Å². The van der Waals surface area contributed by atoms with E-state index in [4.69, 9.17) is 25.8 Å². The van der Waals surface area contributed by atoms with Gasteiger partial charge in [-0.1, -0.05) is 37.1 Å². The second-order valence-electron chi connectivity index (χ2n) is 7.56. The highest BCUT2D eigenvalue weighted by atomic mass is 35.5. The molecule has 0 atom stereocenters. The largest absolute Gasteiger partial charge is 0.493 e. The van der Waals surface area contributed by atoms with Crippen molar-refractivity contribution in [3.8, 4) is 5.75 Å². The van der Waals surface area contributed by atoms with E-state index in [0.717, 1.165) is 18.4 Å². The van der Waals surface area contributed by atoms with Crippen LogP contribution in [0.1, 0.15) is 48.5 Å². The zero-order valence-electron chi connectivity index (χ0n) is 17.9. The molecule has 0 saturated carbocycles. The number of benzene rings is 2. The number of carbonyl (C=O) groups excluding carboxylic acids is 2. The van der Waals surface area contributed by atoms with Crippen LogP contribution in [-0.2, 0) is 19.7 Å². The Morgan fingerprint density at radius 3 is 2.48 bits per heavy atom. The number of hydrogen-bond donors (Lipinski definition) is 1. The van der Waals surface area contributed by atoms with Crippen molar-refractivity contribution >= 4 is 29.2 Å². The average molecular weight is 446 g/mol. The van der Waals surface area contributed by atoms with Gasteiger partial charge < -0.3 is 19.5 Å².